The number of carbonyl (C=O) groups excluding carboxylic acids is 2. The molecular weight excluding hydrogens is 438 g/mol. The van der Waals surface area contributed by atoms with Crippen molar-refractivity contribution >= 4 is 17.4 Å². The Labute approximate surface area is 208 Å². The molecule has 1 heterocycles. The van der Waals surface area contributed by atoms with Gasteiger partial charge in [-0.3, -0.25) is 9.59 Å². The molecule has 0 radical (unpaired) electrons. The van der Waals surface area contributed by atoms with Crippen molar-refractivity contribution in [2.45, 2.75) is 83.7 Å². The molecule has 1 unspecified atom stereocenters. The van der Waals surface area contributed by atoms with Gasteiger partial charge in [-0.25, -0.2) is 0 Å². The van der Waals surface area contributed by atoms with Crippen molar-refractivity contribution in [3.8, 4) is 5.75 Å². The third-order valence-electron chi connectivity index (χ3n) is 7.26. The Morgan fingerprint density at radius 1 is 1.00 bits per heavy atom. The lowest BCUT2D eigenvalue weighted by molar-refractivity contribution is -0.141. The molecule has 0 aromatic heterocycles. The molecule has 0 bridgehead atoms. The maximum atomic E-state index is 13.3. The highest BCUT2D eigenvalue weighted by atomic mass is 16.5. The van der Waals surface area contributed by atoms with E-state index >= 15 is 0 Å². The molecule has 1 amide bonds. The molecule has 35 heavy (non-hydrogen) atoms. The monoisotopic (exact) mass is 475 g/mol. The van der Waals surface area contributed by atoms with Crippen molar-refractivity contribution in [3.63, 3.8) is 0 Å². The molecule has 0 spiro atoms. The van der Waals surface area contributed by atoms with Gasteiger partial charge < -0.3 is 14.7 Å². The summed E-state index contributed by atoms with van der Waals surface area (Å²) in [5.74, 6) is -0.128. The largest absolute Gasteiger partial charge is 0.507 e. The fraction of sp³-hybridized carbons (Fsp3) is 0.467. The van der Waals surface area contributed by atoms with Crippen LogP contribution >= 0.6 is 0 Å². The first-order valence-electron chi connectivity index (χ1n) is 13.1. The molecule has 2 aliphatic rings. The Bertz CT molecular complexity index is 1060. The van der Waals surface area contributed by atoms with Crippen LogP contribution in [0.3, 0.4) is 0 Å². The molecule has 1 saturated heterocycles. The van der Waals surface area contributed by atoms with Gasteiger partial charge in [-0.05, 0) is 60.6 Å². The van der Waals surface area contributed by atoms with Crippen LogP contribution in [0, 0.1) is 0 Å². The normalized spacial score (nSPS) is 20.2. The number of aliphatic hydroxyl groups excluding tert-OH is 1. The minimum Gasteiger partial charge on any atom is -0.507 e. The summed E-state index contributed by atoms with van der Waals surface area (Å²) in [7, 11) is 0. The van der Waals surface area contributed by atoms with Gasteiger partial charge in [0.1, 0.15) is 11.5 Å². The number of amides is 1. The third-order valence-corrected chi connectivity index (χ3v) is 7.26. The molecule has 1 saturated carbocycles. The number of ether oxygens (including phenoxy) is 1. The van der Waals surface area contributed by atoms with Gasteiger partial charge in [0.15, 0.2) is 0 Å². The van der Waals surface area contributed by atoms with Gasteiger partial charge in [0.05, 0.1) is 18.2 Å². The van der Waals surface area contributed by atoms with Gasteiger partial charge in [0.2, 0.25) is 0 Å². The number of likely N-dealkylation sites (tertiary alicyclic amines) is 1. The van der Waals surface area contributed by atoms with Crippen LogP contribution in [0.4, 0.5) is 0 Å². The number of benzene rings is 2. The lowest BCUT2D eigenvalue weighted by Gasteiger charge is -2.31. The van der Waals surface area contributed by atoms with E-state index in [1.807, 2.05) is 12.1 Å². The number of hydrogen-bond donors (Lipinski definition) is 1. The van der Waals surface area contributed by atoms with Gasteiger partial charge >= 0.3 is 0 Å². The molecule has 5 nitrogen and oxygen atoms in total. The van der Waals surface area contributed by atoms with Crippen molar-refractivity contribution in [3.05, 3.63) is 70.8 Å². The van der Waals surface area contributed by atoms with E-state index in [0.29, 0.717) is 18.1 Å². The summed E-state index contributed by atoms with van der Waals surface area (Å²) in [6.07, 6.45) is 7.13. The topological polar surface area (TPSA) is 66.8 Å². The molecule has 2 aromatic carbocycles. The number of ketones is 1. The maximum absolute atomic E-state index is 13.3. The Morgan fingerprint density at radius 2 is 1.66 bits per heavy atom. The maximum Gasteiger partial charge on any atom is 0.295 e. The van der Waals surface area contributed by atoms with E-state index in [1.54, 1.807) is 29.2 Å². The molecule has 1 N–H and O–H groups in total. The minimum absolute atomic E-state index is 0.0189. The second-order valence-electron chi connectivity index (χ2n) is 10.0. The van der Waals surface area contributed by atoms with Gasteiger partial charge in [-0.2, -0.15) is 0 Å². The van der Waals surface area contributed by atoms with Crippen LogP contribution in [-0.2, 0) is 9.59 Å². The zero-order valence-corrected chi connectivity index (χ0v) is 21.1. The summed E-state index contributed by atoms with van der Waals surface area (Å²) in [5, 5.41) is 11.3. The fourth-order valence-corrected chi connectivity index (χ4v) is 5.21. The molecule has 186 valence electrons. The van der Waals surface area contributed by atoms with Gasteiger partial charge in [0, 0.05) is 11.6 Å². The minimum atomic E-state index is -0.604. The third kappa shape index (κ3) is 5.29. The molecule has 5 heteroatoms. The average Bonchev–Trinajstić information content (AvgIpc) is 3.48. The number of unbranched alkanes of at least 4 members (excludes halogenated alkanes) is 2. The summed E-state index contributed by atoms with van der Waals surface area (Å²) >= 11 is 0. The number of aliphatic hydroxyl groups is 1. The van der Waals surface area contributed by atoms with Crippen molar-refractivity contribution in [1.82, 2.24) is 4.90 Å². The van der Waals surface area contributed by atoms with E-state index in [1.165, 1.54) is 5.56 Å². The van der Waals surface area contributed by atoms with Crippen LogP contribution in [0.15, 0.2) is 54.1 Å². The smallest absolute Gasteiger partial charge is 0.295 e. The number of carbonyl (C=O) groups is 2. The van der Waals surface area contributed by atoms with Crippen LogP contribution in [0.2, 0.25) is 0 Å². The van der Waals surface area contributed by atoms with Crippen LogP contribution < -0.4 is 4.74 Å². The lowest BCUT2D eigenvalue weighted by atomic mass is 9.92. The van der Waals surface area contributed by atoms with Crippen LogP contribution in [-0.4, -0.2) is 34.3 Å². The summed E-state index contributed by atoms with van der Waals surface area (Å²) in [4.78, 5) is 28.2. The second-order valence-corrected chi connectivity index (χ2v) is 10.0. The summed E-state index contributed by atoms with van der Waals surface area (Å²) in [5.41, 5.74) is 2.74. The molecule has 1 aliphatic heterocycles. The predicted molar refractivity (Wildman–Crippen MR) is 138 cm³/mol. The number of rotatable bonds is 9. The Morgan fingerprint density at radius 3 is 2.26 bits per heavy atom. The molecule has 2 fully saturated rings. The average molecular weight is 476 g/mol. The zero-order valence-electron chi connectivity index (χ0n) is 21.1. The summed E-state index contributed by atoms with van der Waals surface area (Å²) < 4.78 is 5.78. The van der Waals surface area contributed by atoms with E-state index < -0.39 is 17.7 Å². The lowest BCUT2D eigenvalue weighted by Crippen LogP contribution is -2.37. The van der Waals surface area contributed by atoms with Crippen LogP contribution in [0.5, 0.6) is 5.75 Å². The highest BCUT2D eigenvalue weighted by Crippen LogP contribution is 2.43. The van der Waals surface area contributed by atoms with E-state index in [2.05, 4.69) is 32.9 Å². The van der Waals surface area contributed by atoms with E-state index in [0.717, 1.165) is 56.3 Å². The SMILES string of the molecule is CCCCCOc1ccc(/C(O)=C2/C(=O)C(=O)N(C3CCCC3)C2c2ccc(C(C)C)cc2)cc1. The van der Waals surface area contributed by atoms with Crippen LogP contribution in [0.1, 0.15) is 94.4 Å². The second kappa shape index (κ2) is 11.1. The molecular formula is C30H37NO4. The fourth-order valence-electron chi connectivity index (χ4n) is 5.21. The summed E-state index contributed by atoms with van der Waals surface area (Å²) in [6, 6.07) is 14.7. The predicted octanol–water partition coefficient (Wildman–Crippen LogP) is 6.74. The number of Topliss-reactive ketones (excluding diaryl/α,β-unsaturated/α-hetero) is 1. The highest BCUT2D eigenvalue weighted by molar-refractivity contribution is 6.46. The first-order chi connectivity index (χ1) is 16.9. The standard InChI is InChI=1S/C30H37NO4/c1-4-5-8-19-35-25-17-15-23(16-18-25)28(32)26-27(22-13-11-21(12-14-22)20(2)3)31(30(34)29(26)33)24-9-6-7-10-24/h11-18,20,24,27,32H,4-10,19H2,1-3H3/b28-26-. The van der Waals surface area contributed by atoms with E-state index in [9.17, 15) is 14.7 Å². The van der Waals surface area contributed by atoms with Gasteiger partial charge in [-0.1, -0.05) is 70.7 Å². The Balaban J connectivity index is 1.69. The van der Waals surface area contributed by atoms with E-state index in [4.69, 9.17) is 4.74 Å². The van der Waals surface area contributed by atoms with Gasteiger partial charge in [-0.15, -0.1) is 0 Å². The van der Waals surface area contributed by atoms with Crippen molar-refractivity contribution < 1.29 is 19.4 Å². The van der Waals surface area contributed by atoms with E-state index in [-0.39, 0.29) is 17.4 Å². The summed E-state index contributed by atoms with van der Waals surface area (Å²) in [6.45, 7) is 7.07. The molecule has 4 rings (SSSR count). The van der Waals surface area contributed by atoms with Crippen LogP contribution in [0.25, 0.3) is 5.76 Å². The zero-order chi connectivity index (χ0) is 24.9. The quantitative estimate of drug-likeness (QED) is 0.189. The van der Waals surface area contributed by atoms with Crippen molar-refractivity contribution in [2.24, 2.45) is 0 Å². The highest BCUT2D eigenvalue weighted by Gasteiger charge is 2.49. The molecule has 1 atom stereocenters. The van der Waals surface area contributed by atoms with Crippen molar-refractivity contribution in [2.75, 3.05) is 6.61 Å². The number of nitrogens with zero attached hydrogens (tertiary/aromatic N) is 1. The molecule has 1 aliphatic carbocycles. The first-order valence-corrected chi connectivity index (χ1v) is 13.1. The Hall–Kier alpha value is -3.08. The van der Waals surface area contributed by atoms with Crippen molar-refractivity contribution in [1.29, 1.82) is 0 Å². The van der Waals surface area contributed by atoms with Gasteiger partial charge in [0.25, 0.3) is 11.7 Å². The first kappa shape index (κ1) is 25.0. The number of hydrogen-bond acceptors (Lipinski definition) is 4. The molecule has 2 aromatic rings. The Kier molecular flexibility index (Phi) is 7.94.